The van der Waals surface area contributed by atoms with Gasteiger partial charge in [-0.2, -0.15) is 0 Å². The molecule has 0 aliphatic heterocycles. The molecule has 2 aromatic rings. The lowest BCUT2D eigenvalue weighted by Crippen LogP contribution is -2.08. The Balaban J connectivity index is 2.10. The fourth-order valence-electron chi connectivity index (χ4n) is 2.69. The van der Waals surface area contributed by atoms with Gasteiger partial charge in [0, 0.05) is 11.8 Å². The fraction of sp³-hybridized carbons (Fsp3) is 0.500. The van der Waals surface area contributed by atoms with Crippen molar-refractivity contribution in [2.45, 2.75) is 59.3 Å². The Kier molecular flexibility index (Phi) is 7.81. The average Bonchev–Trinajstić information content (AvgIpc) is 2.64. The number of rotatable bonds is 10. The highest BCUT2D eigenvalue weighted by atomic mass is 16.5. The van der Waals surface area contributed by atoms with Crippen molar-refractivity contribution in [2.24, 2.45) is 5.92 Å². The summed E-state index contributed by atoms with van der Waals surface area (Å²) in [5.74, 6) is 1.50. The van der Waals surface area contributed by atoms with Crippen LogP contribution in [0.4, 0.5) is 0 Å². The van der Waals surface area contributed by atoms with Crippen LogP contribution in [0.25, 0.3) is 11.3 Å². The van der Waals surface area contributed by atoms with Crippen molar-refractivity contribution >= 4 is 0 Å². The number of hydrogen-bond donors (Lipinski definition) is 0. The van der Waals surface area contributed by atoms with Gasteiger partial charge in [-0.05, 0) is 48.6 Å². The van der Waals surface area contributed by atoms with Crippen molar-refractivity contribution in [1.29, 1.82) is 0 Å². The number of ether oxygens (including phenoxy) is 1. The molecule has 0 spiro atoms. The first-order valence-electron chi connectivity index (χ1n) is 9.41. The highest BCUT2D eigenvalue weighted by Crippen LogP contribution is 2.29. The van der Waals surface area contributed by atoms with Crippen LogP contribution in [0.1, 0.15) is 58.4 Å². The molecule has 2 rings (SSSR count). The summed E-state index contributed by atoms with van der Waals surface area (Å²) in [6.07, 6.45) is 9.36. The zero-order valence-corrected chi connectivity index (χ0v) is 15.4. The van der Waals surface area contributed by atoms with Gasteiger partial charge in [0.2, 0.25) is 0 Å². The molecule has 24 heavy (non-hydrogen) atoms. The summed E-state index contributed by atoms with van der Waals surface area (Å²) in [6.45, 7) is 7.42. The molecular weight excluding hydrogens is 294 g/mol. The topological polar surface area (TPSA) is 22.1 Å². The zero-order chi connectivity index (χ0) is 17.2. The van der Waals surface area contributed by atoms with Gasteiger partial charge in [-0.1, -0.05) is 58.6 Å². The molecule has 0 N–H and O–H groups in total. The fourth-order valence-corrected chi connectivity index (χ4v) is 2.69. The Morgan fingerprint density at radius 1 is 1.04 bits per heavy atom. The van der Waals surface area contributed by atoms with Crippen molar-refractivity contribution in [3.05, 3.63) is 48.2 Å². The monoisotopic (exact) mass is 325 g/mol. The van der Waals surface area contributed by atoms with Crippen LogP contribution in [-0.2, 0) is 6.42 Å². The summed E-state index contributed by atoms with van der Waals surface area (Å²) in [7, 11) is 0. The SMILES string of the molecule is CCCCCCc1ccnc(-c2ccccc2OCC(C)CC)c1. The van der Waals surface area contributed by atoms with Crippen molar-refractivity contribution < 1.29 is 4.74 Å². The maximum atomic E-state index is 6.06. The van der Waals surface area contributed by atoms with Crippen LogP contribution in [0, 0.1) is 5.92 Å². The largest absolute Gasteiger partial charge is 0.493 e. The number of pyridine rings is 1. The van der Waals surface area contributed by atoms with Gasteiger partial charge in [0.25, 0.3) is 0 Å². The Labute approximate surface area is 147 Å². The predicted octanol–water partition coefficient (Wildman–Crippen LogP) is 6.30. The molecule has 1 aromatic carbocycles. The van der Waals surface area contributed by atoms with E-state index in [9.17, 15) is 0 Å². The molecule has 0 aliphatic rings. The summed E-state index contributed by atoms with van der Waals surface area (Å²) >= 11 is 0. The third-order valence-electron chi connectivity index (χ3n) is 4.53. The van der Waals surface area contributed by atoms with E-state index in [-0.39, 0.29) is 0 Å². The number of para-hydroxylation sites is 1. The molecule has 2 heteroatoms. The van der Waals surface area contributed by atoms with E-state index < -0.39 is 0 Å². The number of hydrogen-bond acceptors (Lipinski definition) is 2. The van der Waals surface area contributed by atoms with Crippen molar-refractivity contribution in [3.63, 3.8) is 0 Å². The van der Waals surface area contributed by atoms with E-state index in [2.05, 4.69) is 50.0 Å². The molecule has 0 saturated heterocycles. The van der Waals surface area contributed by atoms with E-state index >= 15 is 0 Å². The predicted molar refractivity (Wildman–Crippen MR) is 102 cm³/mol. The molecule has 0 saturated carbocycles. The van der Waals surface area contributed by atoms with Gasteiger partial charge in [0.15, 0.2) is 0 Å². The van der Waals surface area contributed by atoms with Gasteiger partial charge < -0.3 is 4.74 Å². The lowest BCUT2D eigenvalue weighted by Gasteiger charge is -2.14. The van der Waals surface area contributed by atoms with E-state index in [0.717, 1.165) is 36.5 Å². The van der Waals surface area contributed by atoms with Gasteiger partial charge in [0.1, 0.15) is 5.75 Å². The van der Waals surface area contributed by atoms with E-state index in [0.29, 0.717) is 5.92 Å². The van der Waals surface area contributed by atoms with E-state index in [1.807, 2.05) is 18.3 Å². The molecule has 1 heterocycles. The minimum Gasteiger partial charge on any atom is -0.493 e. The Bertz CT molecular complexity index is 608. The van der Waals surface area contributed by atoms with Crippen LogP contribution >= 0.6 is 0 Å². The summed E-state index contributed by atoms with van der Waals surface area (Å²) in [6, 6.07) is 12.6. The number of aromatic nitrogens is 1. The van der Waals surface area contributed by atoms with E-state index in [1.165, 1.54) is 31.2 Å². The molecule has 0 bridgehead atoms. The maximum absolute atomic E-state index is 6.06. The first-order chi connectivity index (χ1) is 11.7. The van der Waals surface area contributed by atoms with Gasteiger partial charge in [-0.25, -0.2) is 0 Å². The quantitative estimate of drug-likeness (QED) is 0.478. The Hall–Kier alpha value is -1.83. The van der Waals surface area contributed by atoms with E-state index in [4.69, 9.17) is 4.74 Å². The molecule has 0 amide bonds. The Morgan fingerprint density at radius 3 is 2.67 bits per heavy atom. The second kappa shape index (κ2) is 10.1. The van der Waals surface area contributed by atoms with Crippen LogP contribution in [-0.4, -0.2) is 11.6 Å². The van der Waals surface area contributed by atoms with Gasteiger partial charge in [-0.15, -0.1) is 0 Å². The number of benzene rings is 1. The smallest absolute Gasteiger partial charge is 0.128 e. The molecule has 1 unspecified atom stereocenters. The number of unbranched alkanes of at least 4 members (excludes halogenated alkanes) is 3. The minimum absolute atomic E-state index is 0.566. The van der Waals surface area contributed by atoms with Gasteiger partial charge >= 0.3 is 0 Å². The van der Waals surface area contributed by atoms with Gasteiger partial charge in [0.05, 0.1) is 12.3 Å². The van der Waals surface area contributed by atoms with Crippen molar-refractivity contribution in [3.8, 4) is 17.0 Å². The lowest BCUT2D eigenvalue weighted by atomic mass is 10.0. The second-order valence-electron chi connectivity index (χ2n) is 6.68. The molecule has 1 atom stereocenters. The van der Waals surface area contributed by atoms with Crippen molar-refractivity contribution in [1.82, 2.24) is 4.98 Å². The van der Waals surface area contributed by atoms with Crippen LogP contribution in [0.3, 0.4) is 0 Å². The zero-order valence-electron chi connectivity index (χ0n) is 15.4. The number of aryl methyl sites for hydroxylation is 1. The highest BCUT2D eigenvalue weighted by Gasteiger charge is 2.09. The van der Waals surface area contributed by atoms with Crippen LogP contribution in [0.2, 0.25) is 0 Å². The summed E-state index contributed by atoms with van der Waals surface area (Å²) in [5, 5.41) is 0. The van der Waals surface area contributed by atoms with Crippen LogP contribution < -0.4 is 4.74 Å². The lowest BCUT2D eigenvalue weighted by molar-refractivity contribution is 0.257. The molecule has 1 aromatic heterocycles. The molecule has 130 valence electrons. The first-order valence-corrected chi connectivity index (χ1v) is 9.41. The normalized spacial score (nSPS) is 12.1. The van der Waals surface area contributed by atoms with Crippen LogP contribution in [0.15, 0.2) is 42.6 Å². The second-order valence-corrected chi connectivity index (χ2v) is 6.68. The molecule has 2 nitrogen and oxygen atoms in total. The maximum Gasteiger partial charge on any atom is 0.128 e. The number of nitrogens with zero attached hydrogens (tertiary/aromatic N) is 1. The first kappa shape index (κ1) is 18.5. The molecule has 0 aliphatic carbocycles. The average molecular weight is 325 g/mol. The summed E-state index contributed by atoms with van der Waals surface area (Å²) in [5.41, 5.74) is 3.48. The molecule has 0 fully saturated rings. The summed E-state index contributed by atoms with van der Waals surface area (Å²) in [4.78, 5) is 4.58. The molecule has 0 radical (unpaired) electrons. The summed E-state index contributed by atoms with van der Waals surface area (Å²) < 4.78 is 6.06. The van der Waals surface area contributed by atoms with Crippen LogP contribution in [0.5, 0.6) is 5.75 Å². The van der Waals surface area contributed by atoms with E-state index in [1.54, 1.807) is 0 Å². The minimum atomic E-state index is 0.566. The molecular formula is C22H31NO. The standard InChI is InChI=1S/C22H31NO/c1-4-6-7-8-11-19-14-15-23-21(16-19)20-12-9-10-13-22(20)24-17-18(3)5-2/h9-10,12-16,18H,4-8,11,17H2,1-3H3. The van der Waals surface area contributed by atoms with Gasteiger partial charge in [-0.3, -0.25) is 4.98 Å². The Morgan fingerprint density at radius 2 is 1.88 bits per heavy atom. The third kappa shape index (κ3) is 5.67. The third-order valence-corrected chi connectivity index (χ3v) is 4.53. The van der Waals surface area contributed by atoms with Crippen molar-refractivity contribution in [2.75, 3.05) is 6.61 Å². The highest BCUT2D eigenvalue weighted by molar-refractivity contribution is 5.67.